The van der Waals surface area contributed by atoms with Crippen LogP contribution in [-0.2, 0) is 18.2 Å². The predicted molar refractivity (Wildman–Crippen MR) is 69.3 cm³/mol. The Morgan fingerprint density at radius 1 is 1.59 bits per heavy atom. The maximum absolute atomic E-state index is 5.96. The van der Waals surface area contributed by atoms with E-state index in [0.717, 1.165) is 37.2 Å². The van der Waals surface area contributed by atoms with Gasteiger partial charge in [0.2, 0.25) is 0 Å². The summed E-state index contributed by atoms with van der Waals surface area (Å²) in [5, 5.41) is 7.87. The van der Waals surface area contributed by atoms with Crippen molar-refractivity contribution < 1.29 is 4.74 Å². The minimum atomic E-state index is 0.0505. The number of aryl methyl sites for hydroxylation is 2. The molecule has 1 saturated heterocycles. The fourth-order valence-corrected chi connectivity index (χ4v) is 2.39. The number of aromatic nitrogens is 2. The van der Waals surface area contributed by atoms with Gasteiger partial charge in [0.25, 0.3) is 0 Å². The van der Waals surface area contributed by atoms with Gasteiger partial charge in [-0.2, -0.15) is 5.10 Å². The van der Waals surface area contributed by atoms with Crippen LogP contribution in [-0.4, -0.2) is 28.0 Å². The third-order valence-corrected chi connectivity index (χ3v) is 3.31. The maximum atomic E-state index is 5.96. The zero-order valence-corrected chi connectivity index (χ0v) is 11.3. The second-order valence-corrected chi connectivity index (χ2v) is 5.44. The van der Waals surface area contributed by atoms with E-state index in [0.29, 0.717) is 6.10 Å². The van der Waals surface area contributed by atoms with E-state index >= 15 is 0 Å². The third kappa shape index (κ3) is 3.00. The molecule has 0 radical (unpaired) electrons. The molecule has 4 heteroatoms. The Hall–Kier alpha value is -1.03. The number of rotatable bonds is 4. The molecule has 0 aliphatic carbocycles. The fraction of sp³-hybridized carbons (Fsp3) is 0.769. The van der Waals surface area contributed by atoms with Crippen LogP contribution in [0.25, 0.3) is 0 Å². The van der Waals surface area contributed by atoms with Gasteiger partial charge in [-0.3, -0.25) is 4.68 Å². The molecular formula is C13H23N3O. The molecule has 1 aromatic rings. The summed E-state index contributed by atoms with van der Waals surface area (Å²) in [6.45, 7) is 7.33. The van der Waals surface area contributed by atoms with Gasteiger partial charge in [0.15, 0.2) is 0 Å². The minimum Gasteiger partial charge on any atom is -0.380 e. The van der Waals surface area contributed by atoms with Crippen LogP contribution in [0.5, 0.6) is 0 Å². The van der Waals surface area contributed by atoms with Crippen molar-refractivity contribution in [2.24, 2.45) is 7.05 Å². The van der Waals surface area contributed by atoms with Gasteiger partial charge in [-0.05, 0) is 33.1 Å². The fourth-order valence-electron chi connectivity index (χ4n) is 2.39. The number of nitrogens with one attached hydrogen (secondary N) is 1. The second kappa shape index (κ2) is 4.69. The highest BCUT2D eigenvalue weighted by Gasteiger charge is 2.31. The summed E-state index contributed by atoms with van der Waals surface area (Å²) >= 11 is 0. The largest absolute Gasteiger partial charge is 0.380 e. The van der Waals surface area contributed by atoms with Crippen LogP contribution in [0.15, 0.2) is 6.20 Å². The van der Waals surface area contributed by atoms with Crippen LogP contribution in [0.2, 0.25) is 0 Å². The first-order valence-corrected chi connectivity index (χ1v) is 6.44. The molecule has 0 aromatic carbocycles. The van der Waals surface area contributed by atoms with Gasteiger partial charge in [0, 0.05) is 19.8 Å². The number of anilines is 1. The molecule has 1 atom stereocenters. The van der Waals surface area contributed by atoms with Gasteiger partial charge in [-0.15, -0.1) is 0 Å². The summed E-state index contributed by atoms with van der Waals surface area (Å²) in [5.41, 5.74) is 2.32. The van der Waals surface area contributed by atoms with Crippen molar-refractivity contribution in [3.63, 3.8) is 0 Å². The molecule has 0 spiro atoms. The summed E-state index contributed by atoms with van der Waals surface area (Å²) in [7, 11) is 1.96. The van der Waals surface area contributed by atoms with E-state index in [4.69, 9.17) is 4.74 Å². The molecule has 0 amide bonds. The molecule has 1 aliphatic heterocycles. The summed E-state index contributed by atoms with van der Waals surface area (Å²) in [6, 6.07) is 0. The SMILES string of the molecule is CCc1nn(C)cc1NCC1CCC(C)(C)O1. The molecule has 1 aromatic heterocycles. The van der Waals surface area contributed by atoms with Crippen LogP contribution in [0, 0.1) is 0 Å². The van der Waals surface area contributed by atoms with Gasteiger partial charge in [0.05, 0.1) is 23.1 Å². The Labute approximate surface area is 103 Å². The van der Waals surface area contributed by atoms with Gasteiger partial charge < -0.3 is 10.1 Å². The smallest absolute Gasteiger partial charge is 0.0853 e. The zero-order valence-electron chi connectivity index (χ0n) is 11.3. The summed E-state index contributed by atoms with van der Waals surface area (Å²) in [5.74, 6) is 0. The lowest BCUT2D eigenvalue weighted by molar-refractivity contribution is -0.00911. The average molecular weight is 237 g/mol. The van der Waals surface area contributed by atoms with Gasteiger partial charge in [-0.1, -0.05) is 6.92 Å². The van der Waals surface area contributed by atoms with Crippen molar-refractivity contribution in [1.82, 2.24) is 9.78 Å². The van der Waals surface area contributed by atoms with Crippen LogP contribution >= 0.6 is 0 Å². The molecule has 1 unspecified atom stereocenters. The van der Waals surface area contributed by atoms with Crippen LogP contribution in [0.1, 0.15) is 39.3 Å². The van der Waals surface area contributed by atoms with Crippen molar-refractivity contribution >= 4 is 5.69 Å². The van der Waals surface area contributed by atoms with Gasteiger partial charge in [0.1, 0.15) is 0 Å². The maximum Gasteiger partial charge on any atom is 0.0853 e. The normalized spacial score (nSPS) is 22.9. The number of hydrogen-bond donors (Lipinski definition) is 1. The summed E-state index contributed by atoms with van der Waals surface area (Å²) in [6.07, 6.45) is 5.61. The molecule has 96 valence electrons. The summed E-state index contributed by atoms with van der Waals surface area (Å²) in [4.78, 5) is 0. The molecule has 2 rings (SSSR count). The molecule has 0 saturated carbocycles. The lowest BCUT2D eigenvalue weighted by atomic mass is 10.1. The first-order valence-electron chi connectivity index (χ1n) is 6.44. The van der Waals surface area contributed by atoms with Crippen LogP contribution in [0.4, 0.5) is 5.69 Å². The Balaban J connectivity index is 1.90. The van der Waals surface area contributed by atoms with Crippen molar-refractivity contribution in [1.29, 1.82) is 0 Å². The molecule has 0 bridgehead atoms. The topological polar surface area (TPSA) is 39.1 Å². The minimum absolute atomic E-state index is 0.0505. The monoisotopic (exact) mass is 237 g/mol. The van der Waals surface area contributed by atoms with Crippen molar-refractivity contribution in [2.45, 2.75) is 51.7 Å². The standard InChI is InChI=1S/C13H23N3O/c1-5-11-12(9-16(4)15-11)14-8-10-6-7-13(2,3)17-10/h9-10,14H,5-8H2,1-4H3. The predicted octanol–water partition coefficient (Wildman–Crippen LogP) is 2.35. The molecule has 2 heterocycles. The Morgan fingerprint density at radius 2 is 2.35 bits per heavy atom. The van der Waals surface area contributed by atoms with Gasteiger partial charge in [-0.25, -0.2) is 0 Å². The van der Waals surface area contributed by atoms with E-state index < -0.39 is 0 Å². The van der Waals surface area contributed by atoms with E-state index in [1.54, 1.807) is 0 Å². The van der Waals surface area contributed by atoms with Crippen LogP contribution in [0.3, 0.4) is 0 Å². The lowest BCUT2D eigenvalue weighted by Crippen LogP contribution is -2.24. The van der Waals surface area contributed by atoms with Crippen molar-refractivity contribution in [3.8, 4) is 0 Å². The van der Waals surface area contributed by atoms with Crippen molar-refractivity contribution in [3.05, 3.63) is 11.9 Å². The van der Waals surface area contributed by atoms with Gasteiger partial charge >= 0.3 is 0 Å². The average Bonchev–Trinajstić information content (AvgIpc) is 2.78. The van der Waals surface area contributed by atoms with E-state index in [1.165, 1.54) is 0 Å². The third-order valence-electron chi connectivity index (χ3n) is 3.31. The zero-order chi connectivity index (χ0) is 12.5. The first-order chi connectivity index (χ1) is 8.00. The first kappa shape index (κ1) is 12.4. The molecule has 1 aliphatic rings. The highest BCUT2D eigenvalue weighted by molar-refractivity contribution is 5.46. The number of hydrogen-bond acceptors (Lipinski definition) is 3. The Bertz CT molecular complexity index is 384. The van der Waals surface area contributed by atoms with E-state index in [-0.39, 0.29) is 5.60 Å². The summed E-state index contributed by atoms with van der Waals surface area (Å²) < 4.78 is 7.82. The van der Waals surface area contributed by atoms with E-state index in [9.17, 15) is 0 Å². The number of ether oxygens (including phenoxy) is 1. The molecular weight excluding hydrogens is 214 g/mol. The number of nitrogens with zero attached hydrogens (tertiary/aromatic N) is 2. The molecule has 1 N–H and O–H groups in total. The molecule has 4 nitrogen and oxygen atoms in total. The molecule has 17 heavy (non-hydrogen) atoms. The van der Waals surface area contributed by atoms with E-state index in [2.05, 4.69) is 31.2 Å². The Kier molecular flexibility index (Phi) is 3.43. The van der Waals surface area contributed by atoms with Crippen LogP contribution < -0.4 is 5.32 Å². The quantitative estimate of drug-likeness (QED) is 0.873. The lowest BCUT2D eigenvalue weighted by Gasteiger charge is -2.19. The highest BCUT2D eigenvalue weighted by atomic mass is 16.5. The second-order valence-electron chi connectivity index (χ2n) is 5.44. The van der Waals surface area contributed by atoms with Crippen molar-refractivity contribution in [2.75, 3.05) is 11.9 Å². The highest BCUT2D eigenvalue weighted by Crippen LogP contribution is 2.29. The Morgan fingerprint density at radius 3 is 2.94 bits per heavy atom. The van der Waals surface area contributed by atoms with E-state index in [1.807, 2.05) is 17.9 Å². The molecule has 1 fully saturated rings.